The molecule has 2 N–H and O–H groups in total. The largest absolute Gasteiger partial charge is 0.507 e. The minimum atomic E-state index is -0.746. The number of carbonyl (C=O) groups is 1. The van der Waals surface area contributed by atoms with E-state index in [4.69, 9.17) is 21.1 Å². The summed E-state index contributed by atoms with van der Waals surface area (Å²) < 4.78 is 12.0. The highest BCUT2D eigenvalue weighted by molar-refractivity contribution is 6.31. The van der Waals surface area contributed by atoms with Crippen LogP contribution in [0.1, 0.15) is 56.2 Å². The van der Waals surface area contributed by atoms with Crippen molar-refractivity contribution in [2.24, 2.45) is 5.92 Å². The van der Waals surface area contributed by atoms with Gasteiger partial charge in [-0.25, -0.2) is 0 Å². The van der Waals surface area contributed by atoms with Crippen molar-refractivity contribution in [3.8, 4) is 17.2 Å². The van der Waals surface area contributed by atoms with Crippen molar-refractivity contribution in [2.45, 2.75) is 58.0 Å². The molecule has 1 spiro atoms. The molecule has 2 aromatic carbocycles. The first-order valence-electron chi connectivity index (χ1n) is 12.2. The van der Waals surface area contributed by atoms with E-state index >= 15 is 0 Å². The van der Waals surface area contributed by atoms with Gasteiger partial charge in [-0.05, 0) is 62.5 Å². The molecule has 1 unspecified atom stereocenters. The highest BCUT2D eigenvalue weighted by Crippen LogP contribution is 2.47. The molecule has 1 fully saturated rings. The number of halogens is 1. The summed E-state index contributed by atoms with van der Waals surface area (Å²) in [5.41, 5.74) is 2.80. The van der Waals surface area contributed by atoms with Crippen molar-refractivity contribution in [3.05, 3.63) is 52.0 Å². The number of aliphatic carboxylic acids is 1. The fraction of sp³-hybridized carbons (Fsp3) is 0.519. The van der Waals surface area contributed by atoms with Crippen LogP contribution < -0.4 is 9.47 Å². The summed E-state index contributed by atoms with van der Waals surface area (Å²) in [6.07, 6.45) is 4.93. The van der Waals surface area contributed by atoms with Crippen molar-refractivity contribution in [2.75, 3.05) is 26.2 Å². The Balaban J connectivity index is 1.39. The van der Waals surface area contributed by atoms with Crippen LogP contribution in [0, 0.1) is 5.92 Å². The molecule has 4 rings (SSSR count). The van der Waals surface area contributed by atoms with E-state index in [1.54, 1.807) is 13.0 Å². The number of ether oxygens (including phenoxy) is 2. The van der Waals surface area contributed by atoms with Gasteiger partial charge in [-0.1, -0.05) is 37.9 Å². The van der Waals surface area contributed by atoms with Gasteiger partial charge in [0.15, 0.2) is 0 Å². The summed E-state index contributed by atoms with van der Waals surface area (Å²) in [6, 6.07) is 9.65. The second-order valence-electron chi connectivity index (χ2n) is 9.73. The van der Waals surface area contributed by atoms with Gasteiger partial charge in [-0.2, -0.15) is 0 Å². The molecule has 1 saturated heterocycles. The summed E-state index contributed by atoms with van der Waals surface area (Å²) >= 11 is 6.43. The molecule has 2 aliphatic heterocycles. The Morgan fingerprint density at radius 1 is 1.26 bits per heavy atom. The number of phenols is 1. The van der Waals surface area contributed by atoms with Crippen molar-refractivity contribution in [3.63, 3.8) is 0 Å². The monoisotopic (exact) mass is 487 g/mol. The molecule has 2 aliphatic rings. The van der Waals surface area contributed by atoms with Gasteiger partial charge in [-0.3, -0.25) is 4.79 Å². The van der Waals surface area contributed by atoms with E-state index in [0.717, 1.165) is 56.5 Å². The number of rotatable bonds is 9. The molecule has 0 aliphatic carbocycles. The number of hydrogen-bond acceptors (Lipinski definition) is 5. The number of carboxylic acids is 1. The molecule has 0 radical (unpaired) electrons. The number of phenolic OH excluding ortho intramolecular Hbond substituents is 1. The van der Waals surface area contributed by atoms with Gasteiger partial charge < -0.3 is 24.6 Å². The lowest BCUT2D eigenvalue weighted by atomic mass is 9.74. The van der Waals surface area contributed by atoms with Crippen LogP contribution in [0.2, 0.25) is 5.02 Å². The van der Waals surface area contributed by atoms with Gasteiger partial charge in [0.1, 0.15) is 23.9 Å². The van der Waals surface area contributed by atoms with Crippen LogP contribution in [0.4, 0.5) is 0 Å². The van der Waals surface area contributed by atoms with E-state index in [2.05, 4.69) is 17.9 Å². The average molecular weight is 488 g/mol. The second-order valence-corrected chi connectivity index (χ2v) is 10.1. The van der Waals surface area contributed by atoms with Crippen LogP contribution in [0.3, 0.4) is 0 Å². The number of nitrogens with zero attached hydrogens (tertiary/aromatic N) is 1. The van der Waals surface area contributed by atoms with Crippen LogP contribution >= 0.6 is 11.6 Å². The number of fused-ring (bicyclic) bond motifs is 2. The third kappa shape index (κ3) is 5.28. The first kappa shape index (κ1) is 24.7. The highest BCUT2D eigenvalue weighted by atomic mass is 35.5. The molecular weight excluding hydrogens is 454 g/mol. The van der Waals surface area contributed by atoms with Gasteiger partial charge >= 0.3 is 5.97 Å². The van der Waals surface area contributed by atoms with E-state index in [1.807, 2.05) is 18.2 Å². The minimum absolute atomic E-state index is 0.0211. The maximum Gasteiger partial charge on any atom is 0.307 e. The van der Waals surface area contributed by atoms with Gasteiger partial charge in [0.05, 0.1) is 17.5 Å². The van der Waals surface area contributed by atoms with E-state index in [9.17, 15) is 15.0 Å². The van der Waals surface area contributed by atoms with Gasteiger partial charge in [0.25, 0.3) is 0 Å². The summed E-state index contributed by atoms with van der Waals surface area (Å²) in [5, 5.41) is 20.2. The third-order valence-corrected chi connectivity index (χ3v) is 7.57. The molecule has 0 bridgehead atoms. The third-order valence-electron chi connectivity index (χ3n) is 7.23. The molecule has 0 aromatic heterocycles. The minimum Gasteiger partial charge on any atom is -0.507 e. The Kier molecular flexibility index (Phi) is 7.58. The van der Waals surface area contributed by atoms with Gasteiger partial charge in [-0.15, -0.1) is 0 Å². The maximum atomic E-state index is 11.2. The fourth-order valence-electron chi connectivity index (χ4n) is 4.99. The number of hydrogen-bond donors (Lipinski definition) is 2. The van der Waals surface area contributed by atoms with E-state index < -0.39 is 5.97 Å². The zero-order valence-corrected chi connectivity index (χ0v) is 20.7. The fourth-order valence-corrected chi connectivity index (χ4v) is 5.28. The number of aryl methyl sites for hydroxylation is 1. The summed E-state index contributed by atoms with van der Waals surface area (Å²) in [4.78, 5) is 13.4. The van der Waals surface area contributed by atoms with Crippen LogP contribution in [-0.4, -0.2) is 47.3 Å². The second kappa shape index (κ2) is 10.4. The molecule has 0 saturated carbocycles. The predicted octanol–water partition coefficient (Wildman–Crippen LogP) is 5.41. The van der Waals surface area contributed by atoms with Crippen LogP contribution in [-0.2, 0) is 23.2 Å². The Hall–Kier alpha value is -2.44. The Morgan fingerprint density at radius 3 is 2.71 bits per heavy atom. The number of unbranched alkanes of at least 4 members (excludes halogenated alkanes) is 1. The average Bonchev–Trinajstić information content (AvgIpc) is 3.16. The lowest BCUT2D eigenvalue weighted by Gasteiger charge is -2.39. The molecule has 184 valence electrons. The highest BCUT2D eigenvalue weighted by Gasteiger charge is 2.43. The molecule has 2 aromatic rings. The molecule has 34 heavy (non-hydrogen) atoms. The quantitative estimate of drug-likeness (QED) is 0.492. The topological polar surface area (TPSA) is 79.2 Å². The molecule has 2 heterocycles. The van der Waals surface area contributed by atoms with E-state index in [1.165, 1.54) is 5.56 Å². The molecule has 6 nitrogen and oxygen atoms in total. The van der Waals surface area contributed by atoms with Crippen LogP contribution in [0.5, 0.6) is 17.2 Å². The van der Waals surface area contributed by atoms with Crippen molar-refractivity contribution in [1.82, 2.24) is 4.90 Å². The lowest BCUT2D eigenvalue weighted by molar-refractivity contribution is -0.141. The SMILES string of the molecule is CCCCc1cc(O)c(COc2ccc3c(c2)OCC32CCN(CC(C)C(=O)O)CC2)c(Cl)c1. The Labute approximate surface area is 206 Å². The number of benzene rings is 2. The molecule has 7 heteroatoms. The van der Waals surface area contributed by atoms with Crippen molar-refractivity contribution < 1.29 is 24.5 Å². The molecular formula is C27H34ClNO5. The molecule has 1 atom stereocenters. The van der Waals surface area contributed by atoms with Crippen molar-refractivity contribution in [1.29, 1.82) is 0 Å². The first-order valence-corrected chi connectivity index (χ1v) is 12.5. The summed E-state index contributed by atoms with van der Waals surface area (Å²) in [5.74, 6) is 0.578. The standard InChI is InChI=1S/C27H34ClNO5/c1-3-4-5-19-12-23(28)21(24(30)13-19)16-33-20-6-7-22-25(14-20)34-17-27(22)8-10-29(11-9-27)15-18(2)26(31)32/h6-7,12-14,18,30H,3-5,8-11,15-17H2,1-2H3,(H,31,32). The van der Waals surface area contributed by atoms with E-state index in [0.29, 0.717) is 29.5 Å². The molecule has 0 amide bonds. The smallest absolute Gasteiger partial charge is 0.307 e. The number of carboxylic acid groups (broad SMARTS) is 1. The maximum absolute atomic E-state index is 11.2. The lowest BCUT2D eigenvalue weighted by Crippen LogP contribution is -2.45. The number of aromatic hydroxyl groups is 1. The Morgan fingerprint density at radius 2 is 2.03 bits per heavy atom. The van der Waals surface area contributed by atoms with Crippen LogP contribution in [0.15, 0.2) is 30.3 Å². The Bertz CT molecular complexity index is 1010. The van der Waals surface area contributed by atoms with Crippen LogP contribution in [0.25, 0.3) is 0 Å². The summed E-state index contributed by atoms with van der Waals surface area (Å²) in [7, 11) is 0. The van der Waals surface area contributed by atoms with E-state index in [-0.39, 0.29) is 23.7 Å². The number of piperidine rings is 1. The first-order chi connectivity index (χ1) is 16.3. The van der Waals surface area contributed by atoms with Gasteiger partial charge in [0, 0.05) is 29.2 Å². The zero-order chi connectivity index (χ0) is 24.3. The van der Waals surface area contributed by atoms with Crippen molar-refractivity contribution >= 4 is 17.6 Å². The predicted molar refractivity (Wildman–Crippen MR) is 132 cm³/mol. The summed E-state index contributed by atoms with van der Waals surface area (Å²) in [6.45, 7) is 7.03. The zero-order valence-electron chi connectivity index (χ0n) is 20.0. The normalized spacial score (nSPS) is 17.9. The van der Waals surface area contributed by atoms with Gasteiger partial charge in [0.2, 0.25) is 0 Å². The number of likely N-dealkylation sites (tertiary alicyclic amines) is 1.